The summed E-state index contributed by atoms with van der Waals surface area (Å²) in [4.78, 5) is 13.8. The Labute approximate surface area is 132 Å². The Balaban J connectivity index is 1.74. The molecule has 0 aliphatic rings. The van der Waals surface area contributed by atoms with Gasteiger partial charge in [-0.05, 0) is 30.2 Å². The molecule has 1 aromatic heterocycles. The van der Waals surface area contributed by atoms with Crippen molar-refractivity contribution in [3.05, 3.63) is 69.9 Å². The van der Waals surface area contributed by atoms with Crippen LogP contribution in [0.5, 0.6) is 0 Å². The number of nitrogens with one attached hydrogen (secondary N) is 2. The number of hydrogen-bond acceptors (Lipinski definition) is 4. The first-order chi connectivity index (χ1) is 11.2. The van der Waals surface area contributed by atoms with Crippen LogP contribution in [0.4, 0.5) is 11.4 Å². The Bertz CT molecular complexity index is 908. The molecule has 0 bridgehead atoms. The quantitative estimate of drug-likeness (QED) is 0.556. The number of nitro groups is 1. The van der Waals surface area contributed by atoms with E-state index in [1.807, 2.05) is 36.5 Å². The lowest BCUT2D eigenvalue weighted by Crippen LogP contribution is -2.07. The third-order valence-electron chi connectivity index (χ3n) is 3.71. The molecule has 0 radical (unpaired) electrons. The lowest BCUT2D eigenvalue weighted by Gasteiger charge is -2.07. The molecular weight excluding hydrogens is 292 g/mol. The molecule has 0 atom stereocenters. The summed E-state index contributed by atoms with van der Waals surface area (Å²) >= 11 is 0. The number of nitriles is 1. The maximum absolute atomic E-state index is 11.1. The molecule has 3 rings (SSSR count). The molecule has 0 amide bonds. The molecule has 3 aromatic rings. The molecule has 0 aliphatic carbocycles. The number of rotatable bonds is 5. The van der Waals surface area contributed by atoms with Gasteiger partial charge >= 0.3 is 0 Å². The largest absolute Gasteiger partial charge is 0.379 e. The van der Waals surface area contributed by atoms with Gasteiger partial charge in [0.2, 0.25) is 0 Å². The van der Waals surface area contributed by atoms with Gasteiger partial charge in [-0.3, -0.25) is 10.1 Å². The molecule has 6 nitrogen and oxygen atoms in total. The number of aromatic amines is 1. The van der Waals surface area contributed by atoms with Gasteiger partial charge in [0.05, 0.1) is 16.6 Å². The van der Waals surface area contributed by atoms with Crippen molar-refractivity contribution >= 4 is 22.3 Å². The standard InChI is InChI=1S/C17H14N4O2/c18-10-12-5-6-16(17(9-12)21(22)23)19-8-7-13-11-20-15-4-2-1-3-14(13)15/h1-6,9,11,19-20H,7-8H2. The van der Waals surface area contributed by atoms with E-state index in [9.17, 15) is 10.1 Å². The number of aromatic nitrogens is 1. The van der Waals surface area contributed by atoms with Crippen LogP contribution < -0.4 is 5.32 Å². The Morgan fingerprint density at radius 1 is 1.26 bits per heavy atom. The molecule has 0 aliphatic heterocycles. The van der Waals surface area contributed by atoms with Gasteiger partial charge in [0.15, 0.2) is 0 Å². The highest BCUT2D eigenvalue weighted by molar-refractivity contribution is 5.83. The van der Waals surface area contributed by atoms with Gasteiger partial charge in [-0.25, -0.2) is 0 Å². The summed E-state index contributed by atoms with van der Waals surface area (Å²) in [6, 6.07) is 14.4. The second kappa shape index (κ2) is 6.20. The Kier molecular flexibility index (Phi) is 3.93. The SMILES string of the molecule is N#Cc1ccc(NCCc2c[nH]c3ccccc23)c([N+](=O)[O-])c1. The maximum Gasteiger partial charge on any atom is 0.293 e. The molecule has 23 heavy (non-hydrogen) atoms. The van der Waals surface area contributed by atoms with Gasteiger partial charge in [0.25, 0.3) is 5.69 Å². The summed E-state index contributed by atoms with van der Waals surface area (Å²) in [5, 5.41) is 24.2. The number of nitro benzene ring substituents is 1. The predicted molar refractivity (Wildman–Crippen MR) is 88.3 cm³/mol. The second-order valence-corrected chi connectivity index (χ2v) is 5.14. The average molecular weight is 306 g/mol. The number of hydrogen-bond donors (Lipinski definition) is 2. The van der Waals surface area contributed by atoms with E-state index < -0.39 is 4.92 Å². The van der Waals surface area contributed by atoms with Crippen LogP contribution in [-0.2, 0) is 6.42 Å². The minimum atomic E-state index is -0.477. The van der Waals surface area contributed by atoms with Crippen LogP contribution in [0.15, 0.2) is 48.7 Å². The molecule has 0 saturated heterocycles. The summed E-state index contributed by atoms with van der Waals surface area (Å²) in [6.45, 7) is 0.564. The van der Waals surface area contributed by atoms with Crippen molar-refractivity contribution in [1.29, 1.82) is 5.26 Å². The highest BCUT2D eigenvalue weighted by Crippen LogP contribution is 2.25. The predicted octanol–water partition coefficient (Wildman–Crippen LogP) is 3.60. The number of H-pyrrole nitrogens is 1. The summed E-state index contributed by atoms with van der Waals surface area (Å²) in [6.07, 6.45) is 2.70. The molecule has 114 valence electrons. The average Bonchev–Trinajstić information content (AvgIpc) is 2.98. The zero-order valence-electron chi connectivity index (χ0n) is 12.2. The van der Waals surface area contributed by atoms with E-state index in [1.54, 1.807) is 12.1 Å². The van der Waals surface area contributed by atoms with Crippen LogP contribution in [0.25, 0.3) is 10.9 Å². The Hall–Kier alpha value is -3.33. The molecule has 0 spiro atoms. The van der Waals surface area contributed by atoms with Crippen LogP contribution in [0, 0.1) is 21.4 Å². The van der Waals surface area contributed by atoms with Crippen molar-refractivity contribution in [2.75, 3.05) is 11.9 Å². The second-order valence-electron chi connectivity index (χ2n) is 5.14. The minimum absolute atomic E-state index is 0.0806. The van der Waals surface area contributed by atoms with Crippen LogP contribution in [0.2, 0.25) is 0 Å². The smallest absolute Gasteiger partial charge is 0.293 e. The maximum atomic E-state index is 11.1. The van der Waals surface area contributed by atoms with Gasteiger partial charge in [0, 0.05) is 29.7 Å². The van der Waals surface area contributed by atoms with E-state index in [0.29, 0.717) is 12.2 Å². The van der Waals surface area contributed by atoms with Gasteiger partial charge in [-0.1, -0.05) is 18.2 Å². The molecule has 0 fully saturated rings. The topological polar surface area (TPSA) is 94.8 Å². The van der Waals surface area contributed by atoms with E-state index in [2.05, 4.69) is 10.3 Å². The third-order valence-corrected chi connectivity index (χ3v) is 3.71. The number of para-hydroxylation sites is 1. The molecule has 2 N–H and O–H groups in total. The summed E-state index contributed by atoms with van der Waals surface area (Å²) in [7, 11) is 0. The van der Waals surface area contributed by atoms with Crippen molar-refractivity contribution in [2.45, 2.75) is 6.42 Å². The van der Waals surface area contributed by atoms with Crippen molar-refractivity contribution in [3.8, 4) is 6.07 Å². The van der Waals surface area contributed by atoms with Crippen molar-refractivity contribution in [3.63, 3.8) is 0 Å². The fourth-order valence-corrected chi connectivity index (χ4v) is 2.57. The first-order valence-corrected chi connectivity index (χ1v) is 7.16. The highest BCUT2D eigenvalue weighted by atomic mass is 16.6. The van der Waals surface area contributed by atoms with Crippen LogP contribution in [0.3, 0.4) is 0 Å². The zero-order chi connectivity index (χ0) is 16.2. The number of anilines is 1. The number of nitrogens with zero attached hydrogens (tertiary/aromatic N) is 2. The van der Waals surface area contributed by atoms with E-state index >= 15 is 0 Å². The van der Waals surface area contributed by atoms with Gasteiger partial charge < -0.3 is 10.3 Å². The minimum Gasteiger partial charge on any atom is -0.379 e. The zero-order valence-corrected chi connectivity index (χ0v) is 12.2. The van der Waals surface area contributed by atoms with E-state index in [1.165, 1.54) is 6.07 Å². The van der Waals surface area contributed by atoms with Crippen molar-refractivity contribution in [2.24, 2.45) is 0 Å². The summed E-state index contributed by atoms with van der Waals surface area (Å²) in [5.41, 5.74) is 2.85. The van der Waals surface area contributed by atoms with E-state index in [0.717, 1.165) is 22.9 Å². The van der Waals surface area contributed by atoms with E-state index in [-0.39, 0.29) is 11.3 Å². The van der Waals surface area contributed by atoms with Crippen molar-refractivity contribution < 1.29 is 4.92 Å². The summed E-state index contributed by atoms with van der Waals surface area (Å²) in [5.74, 6) is 0. The number of benzene rings is 2. The van der Waals surface area contributed by atoms with Crippen LogP contribution >= 0.6 is 0 Å². The van der Waals surface area contributed by atoms with Gasteiger partial charge in [-0.2, -0.15) is 5.26 Å². The van der Waals surface area contributed by atoms with Gasteiger partial charge in [-0.15, -0.1) is 0 Å². The highest BCUT2D eigenvalue weighted by Gasteiger charge is 2.14. The Morgan fingerprint density at radius 2 is 2.09 bits per heavy atom. The molecule has 0 saturated carbocycles. The first-order valence-electron chi connectivity index (χ1n) is 7.16. The lowest BCUT2D eigenvalue weighted by atomic mass is 10.1. The van der Waals surface area contributed by atoms with Gasteiger partial charge in [0.1, 0.15) is 5.69 Å². The molecular formula is C17H14N4O2. The molecule has 6 heteroatoms. The van der Waals surface area contributed by atoms with Crippen molar-refractivity contribution in [1.82, 2.24) is 4.98 Å². The fraction of sp³-hybridized carbons (Fsp3) is 0.118. The molecule has 1 heterocycles. The first kappa shape index (κ1) is 14.6. The van der Waals surface area contributed by atoms with E-state index in [4.69, 9.17) is 5.26 Å². The third kappa shape index (κ3) is 2.99. The monoisotopic (exact) mass is 306 g/mol. The summed E-state index contributed by atoms with van der Waals surface area (Å²) < 4.78 is 0. The lowest BCUT2D eigenvalue weighted by molar-refractivity contribution is -0.384. The van der Waals surface area contributed by atoms with Crippen LogP contribution in [0.1, 0.15) is 11.1 Å². The fourth-order valence-electron chi connectivity index (χ4n) is 2.57. The molecule has 2 aromatic carbocycles. The molecule has 0 unspecified atom stereocenters. The normalized spacial score (nSPS) is 10.4. The number of fused-ring (bicyclic) bond motifs is 1. The van der Waals surface area contributed by atoms with Crippen LogP contribution in [-0.4, -0.2) is 16.5 Å². The Morgan fingerprint density at radius 3 is 2.87 bits per heavy atom.